The van der Waals surface area contributed by atoms with E-state index >= 15 is 0 Å². The molecule has 2 nitrogen and oxygen atoms in total. The van der Waals surface area contributed by atoms with Crippen LogP contribution in [0.15, 0.2) is 24.3 Å². The van der Waals surface area contributed by atoms with Gasteiger partial charge in [0.15, 0.2) is 0 Å². The van der Waals surface area contributed by atoms with Crippen LogP contribution in [0.25, 0.3) is 0 Å². The van der Waals surface area contributed by atoms with Crippen molar-refractivity contribution in [2.45, 2.75) is 64.0 Å². The van der Waals surface area contributed by atoms with E-state index in [9.17, 15) is 5.11 Å². The van der Waals surface area contributed by atoms with Gasteiger partial charge >= 0.3 is 0 Å². The maximum atomic E-state index is 11.0. The number of para-hydroxylation sites is 1. The first-order valence-electron chi connectivity index (χ1n) is 7.55. The summed E-state index contributed by atoms with van der Waals surface area (Å²) in [6.45, 7) is 4.63. The third kappa shape index (κ3) is 2.51. The molecule has 1 fully saturated rings. The van der Waals surface area contributed by atoms with Gasteiger partial charge in [-0.1, -0.05) is 32.0 Å². The summed E-state index contributed by atoms with van der Waals surface area (Å²) in [5.41, 5.74) is 2.50. The van der Waals surface area contributed by atoms with E-state index < -0.39 is 5.60 Å². The zero-order valence-electron chi connectivity index (χ0n) is 12.1. The Morgan fingerprint density at radius 2 is 1.79 bits per heavy atom. The number of anilines is 1. The number of nitrogens with one attached hydrogen (secondary N) is 1. The van der Waals surface area contributed by atoms with Gasteiger partial charge in [-0.3, -0.25) is 0 Å². The number of aliphatic hydroxyl groups is 1. The third-order valence-electron chi connectivity index (χ3n) is 5.17. The molecule has 1 atom stereocenters. The van der Waals surface area contributed by atoms with Crippen molar-refractivity contribution < 1.29 is 5.11 Å². The highest BCUT2D eigenvalue weighted by atomic mass is 16.3. The third-order valence-corrected chi connectivity index (χ3v) is 5.17. The fraction of sp³-hybridized carbons (Fsp3) is 0.647. The summed E-state index contributed by atoms with van der Waals surface area (Å²) < 4.78 is 0. The second-order valence-electron chi connectivity index (χ2n) is 7.16. The van der Waals surface area contributed by atoms with Gasteiger partial charge < -0.3 is 10.4 Å². The molecule has 1 unspecified atom stereocenters. The molecule has 1 saturated carbocycles. The van der Waals surface area contributed by atoms with Crippen LogP contribution in [0.4, 0.5) is 5.69 Å². The second kappa shape index (κ2) is 4.52. The van der Waals surface area contributed by atoms with E-state index in [-0.39, 0.29) is 6.04 Å². The largest absolute Gasteiger partial charge is 0.388 e. The second-order valence-corrected chi connectivity index (χ2v) is 7.16. The minimum Gasteiger partial charge on any atom is -0.388 e. The van der Waals surface area contributed by atoms with Crippen LogP contribution in [-0.2, 0) is 6.42 Å². The summed E-state index contributed by atoms with van der Waals surface area (Å²) in [5.74, 6) is 0. The minimum absolute atomic E-state index is 0.221. The van der Waals surface area contributed by atoms with Crippen molar-refractivity contribution in [3.05, 3.63) is 29.8 Å². The number of fused-ring (bicyclic) bond motifs is 1. The monoisotopic (exact) mass is 259 g/mol. The molecule has 0 amide bonds. The number of rotatable bonds is 1. The number of hydrogen-bond acceptors (Lipinski definition) is 2. The highest BCUT2D eigenvalue weighted by molar-refractivity contribution is 5.54. The van der Waals surface area contributed by atoms with Gasteiger partial charge in [0, 0.05) is 5.69 Å². The van der Waals surface area contributed by atoms with Crippen LogP contribution in [0.3, 0.4) is 0 Å². The number of benzene rings is 1. The van der Waals surface area contributed by atoms with Gasteiger partial charge in [-0.2, -0.15) is 0 Å². The van der Waals surface area contributed by atoms with Crippen LogP contribution in [0, 0.1) is 5.41 Å². The van der Waals surface area contributed by atoms with Crippen molar-refractivity contribution in [1.82, 2.24) is 0 Å². The fourth-order valence-electron chi connectivity index (χ4n) is 3.55. The molecule has 1 aromatic rings. The molecule has 19 heavy (non-hydrogen) atoms. The molecule has 0 aromatic heterocycles. The van der Waals surface area contributed by atoms with Crippen LogP contribution in [-0.4, -0.2) is 16.7 Å². The van der Waals surface area contributed by atoms with E-state index in [1.54, 1.807) is 0 Å². The van der Waals surface area contributed by atoms with Crippen molar-refractivity contribution in [3.63, 3.8) is 0 Å². The summed E-state index contributed by atoms with van der Waals surface area (Å²) in [5, 5.41) is 14.6. The Balaban J connectivity index is 1.74. The molecule has 0 spiro atoms. The van der Waals surface area contributed by atoms with Crippen LogP contribution in [0.5, 0.6) is 0 Å². The summed E-state index contributed by atoms with van der Waals surface area (Å²) in [7, 11) is 0. The van der Waals surface area contributed by atoms with E-state index in [1.165, 1.54) is 11.3 Å². The average Bonchev–Trinajstić information content (AvgIpc) is 2.42. The zero-order chi connectivity index (χ0) is 13.5. The predicted octanol–water partition coefficient (Wildman–Crippen LogP) is 3.74. The van der Waals surface area contributed by atoms with Gasteiger partial charge in [-0.25, -0.2) is 0 Å². The quantitative estimate of drug-likeness (QED) is 0.805. The lowest BCUT2D eigenvalue weighted by Crippen LogP contribution is -2.51. The van der Waals surface area contributed by atoms with Crippen molar-refractivity contribution in [3.8, 4) is 0 Å². The van der Waals surface area contributed by atoms with Crippen LogP contribution in [0.2, 0.25) is 0 Å². The van der Waals surface area contributed by atoms with Gasteiger partial charge in [-0.05, 0) is 55.6 Å². The Morgan fingerprint density at radius 3 is 2.53 bits per heavy atom. The van der Waals surface area contributed by atoms with E-state index in [0.717, 1.165) is 38.5 Å². The normalized spacial score (nSPS) is 28.3. The Bertz CT molecular complexity index is 456. The molecule has 0 bridgehead atoms. The SMILES string of the molecule is CC1(C)CCC(O)(C2CCc3ccccc3N2)CC1. The lowest BCUT2D eigenvalue weighted by molar-refractivity contribution is -0.0425. The molecule has 1 aliphatic heterocycles. The maximum absolute atomic E-state index is 11.0. The molecule has 1 aliphatic carbocycles. The summed E-state index contributed by atoms with van der Waals surface area (Å²) in [6.07, 6.45) is 6.25. The van der Waals surface area contributed by atoms with Gasteiger partial charge in [0.2, 0.25) is 0 Å². The lowest BCUT2D eigenvalue weighted by atomic mass is 9.67. The van der Waals surface area contributed by atoms with Gasteiger partial charge in [-0.15, -0.1) is 0 Å². The fourth-order valence-corrected chi connectivity index (χ4v) is 3.55. The summed E-state index contributed by atoms with van der Waals surface area (Å²) in [4.78, 5) is 0. The highest BCUT2D eigenvalue weighted by Gasteiger charge is 2.43. The van der Waals surface area contributed by atoms with Gasteiger partial charge in [0.05, 0.1) is 11.6 Å². The molecule has 1 aromatic carbocycles. The van der Waals surface area contributed by atoms with E-state index in [4.69, 9.17) is 0 Å². The average molecular weight is 259 g/mol. The van der Waals surface area contributed by atoms with Crippen LogP contribution >= 0.6 is 0 Å². The molecule has 104 valence electrons. The first-order valence-corrected chi connectivity index (χ1v) is 7.55. The van der Waals surface area contributed by atoms with E-state index in [2.05, 4.69) is 43.4 Å². The molecule has 2 N–H and O–H groups in total. The Hall–Kier alpha value is -1.02. The first-order chi connectivity index (χ1) is 8.99. The molecular formula is C17H25NO. The van der Waals surface area contributed by atoms with E-state index in [0.29, 0.717) is 5.41 Å². The number of aryl methyl sites for hydroxylation is 1. The molecule has 1 heterocycles. The first kappa shape index (κ1) is 13.0. The predicted molar refractivity (Wildman–Crippen MR) is 79.4 cm³/mol. The number of hydrogen-bond donors (Lipinski definition) is 2. The van der Waals surface area contributed by atoms with Crippen molar-refractivity contribution >= 4 is 5.69 Å². The molecule has 2 heteroatoms. The van der Waals surface area contributed by atoms with Crippen LogP contribution < -0.4 is 5.32 Å². The maximum Gasteiger partial charge on any atom is 0.0848 e. The Morgan fingerprint density at radius 1 is 1.11 bits per heavy atom. The molecule has 0 saturated heterocycles. The smallest absolute Gasteiger partial charge is 0.0848 e. The summed E-state index contributed by atoms with van der Waals surface area (Å²) in [6, 6.07) is 8.71. The summed E-state index contributed by atoms with van der Waals surface area (Å²) >= 11 is 0. The van der Waals surface area contributed by atoms with Crippen molar-refractivity contribution in [2.75, 3.05) is 5.32 Å². The lowest BCUT2D eigenvalue weighted by Gasteiger charge is -2.46. The van der Waals surface area contributed by atoms with E-state index in [1.807, 2.05) is 0 Å². The Kier molecular flexibility index (Phi) is 3.09. The van der Waals surface area contributed by atoms with Crippen molar-refractivity contribution in [1.29, 1.82) is 0 Å². The highest BCUT2D eigenvalue weighted by Crippen LogP contribution is 2.44. The van der Waals surface area contributed by atoms with Crippen molar-refractivity contribution in [2.24, 2.45) is 5.41 Å². The topological polar surface area (TPSA) is 32.3 Å². The molecule has 3 rings (SSSR count). The van der Waals surface area contributed by atoms with Crippen LogP contribution in [0.1, 0.15) is 51.5 Å². The van der Waals surface area contributed by atoms with Gasteiger partial charge in [0.1, 0.15) is 0 Å². The standard InChI is InChI=1S/C17H25NO/c1-16(2)9-11-17(19,12-10-16)15-8-7-13-5-3-4-6-14(13)18-15/h3-6,15,18-19H,7-12H2,1-2H3. The minimum atomic E-state index is -0.511. The Labute approximate surface area is 116 Å². The molecular weight excluding hydrogens is 234 g/mol. The zero-order valence-corrected chi connectivity index (χ0v) is 12.1. The molecule has 2 aliphatic rings. The molecule has 0 radical (unpaired) electrons. The van der Waals surface area contributed by atoms with Gasteiger partial charge in [0.25, 0.3) is 0 Å².